The van der Waals surface area contributed by atoms with Gasteiger partial charge in [-0.05, 0) is 92.4 Å². The molecule has 0 saturated carbocycles. The molecule has 0 radical (unpaired) electrons. The van der Waals surface area contributed by atoms with Crippen molar-refractivity contribution >= 4 is 35.3 Å². The van der Waals surface area contributed by atoms with Crippen molar-refractivity contribution in [3.05, 3.63) is 142 Å². The fourth-order valence-corrected chi connectivity index (χ4v) is 6.75. The van der Waals surface area contributed by atoms with Crippen molar-refractivity contribution in [2.45, 2.75) is 33.1 Å². The minimum absolute atomic E-state index is 0.0718. The number of likely N-dealkylation sites (tertiary alicyclic amines) is 1. The van der Waals surface area contributed by atoms with E-state index in [1.165, 1.54) is 4.90 Å². The lowest BCUT2D eigenvalue weighted by Gasteiger charge is -2.16. The molecule has 1 aliphatic rings. The summed E-state index contributed by atoms with van der Waals surface area (Å²) in [5.41, 5.74) is 4.25. The molecular weight excluding hydrogens is 757 g/mol. The van der Waals surface area contributed by atoms with Gasteiger partial charge < -0.3 is 33.4 Å². The molecule has 7 rings (SSSR count). The SMILES string of the molecule is Cc1oc(-c2cccc(Cl)c2)nc1CCO.Cc1oc(-c2cccc(Cl)c2)nc1CCOc1ccc(C[C@@H]2CN(C(=O)Oc3ccccc3)C[C@@H]2C(=O)O)cc1. The minimum atomic E-state index is -0.915. The molecule has 1 amide bonds. The van der Waals surface area contributed by atoms with Gasteiger partial charge in [-0.3, -0.25) is 4.79 Å². The van der Waals surface area contributed by atoms with Crippen molar-refractivity contribution in [3.8, 4) is 34.4 Å². The number of benzene rings is 4. The van der Waals surface area contributed by atoms with Crippen LogP contribution < -0.4 is 9.47 Å². The fraction of sp³-hybridized carbons (Fsp3) is 0.256. The number of halogens is 2. The van der Waals surface area contributed by atoms with Crippen LogP contribution in [0.5, 0.6) is 11.5 Å². The highest BCUT2D eigenvalue weighted by atomic mass is 35.5. The normalized spacial score (nSPS) is 14.9. The summed E-state index contributed by atoms with van der Waals surface area (Å²) >= 11 is 12.0. The smallest absolute Gasteiger partial charge is 0.415 e. The lowest BCUT2D eigenvalue weighted by molar-refractivity contribution is -0.142. The van der Waals surface area contributed by atoms with Gasteiger partial charge in [-0.25, -0.2) is 14.8 Å². The number of oxazole rings is 2. The Balaban J connectivity index is 0.000000277. The highest BCUT2D eigenvalue weighted by Crippen LogP contribution is 2.30. The summed E-state index contributed by atoms with van der Waals surface area (Å²) in [6.07, 6.45) is 1.08. The van der Waals surface area contributed by atoms with Crippen molar-refractivity contribution in [3.63, 3.8) is 0 Å². The van der Waals surface area contributed by atoms with Gasteiger partial charge in [0.15, 0.2) is 0 Å². The van der Waals surface area contributed by atoms with Crippen LogP contribution in [-0.2, 0) is 24.1 Å². The Morgan fingerprint density at radius 2 is 1.36 bits per heavy atom. The van der Waals surface area contributed by atoms with Gasteiger partial charge in [0.05, 0.1) is 23.9 Å². The first kappa shape index (κ1) is 40.1. The Bertz CT molecular complexity index is 2240. The van der Waals surface area contributed by atoms with Gasteiger partial charge in [-0.2, -0.15) is 0 Å². The zero-order valence-corrected chi connectivity index (χ0v) is 32.4. The van der Waals surface area contributed by atoms with Gasteiger partial charge in [0.25, 0.3) is 0 Å². The quantitative estimate of drug-likeness (QED) is 0.123. The first-order chi connectivity index (χ1) is 27.1. The maximum absolute atomic E-state index is 12.6. The van der Waals surface area contributed by atoms with E-state index in [0.717, 1.165) is 39.6 Å². The van der Waals surface area contributed by atoms with Crippen molar-refractivity contribution in [2.75, 3.05) is 26.3 Å². The van der Waals surface area contributed by atoms with E-state index in [2.05, 4.69) is 9.97 Å². The molecule has 56 heavy (non-hydrogen) atoms. The van der Waals surface area contributed by atoms with Gasteiger partial charge in [-0.15, -0.1) is 0 Å². The van der Waals surface area contributed by atoms with Gasteiger partial charge in [0.2, 0.25) is 11.8 Å². The number of carboxylic acids is 1. The van der Waals surface area contributed by atoms with Crippen LogP contribution in [0.25, 0.3) is 22.9 Å². The molecule has 13 heteroatoms. The van der Waals surface area contributed by atoms with Crippen molar-refractivity contribution < 1.29 is 38.1 Å². The molecule has 0 unspecified atom stereocenters. The van der Waals surface area contributed by atoms with Crippen LogP contribution in [0.4, 0.5) is 4.79 Å². The van der Waals surface area contributed by atoms with E-state index < -0.39 is 18.0 Å². The molecule has 0 bridgehead atoms. The molecule has 0 spiro atoms. The van der Waals surface area contributed by atoms with E-state index in [-0.39, 0.29) is 19.1 Å². The molecule has 3 heterocycles. The van der Waals surface area contributed by atoms with Gasteiger partial charge >= 0.3 is 12.1 Å². The van der Waals surface area contributed by atoms with E-state index >= 15 is 0 Å². The van der Waals surface area contributed by atoms with Crippen molar-refractivity contribution in [1.29, 1.82) is 0 Å². The van der Waals surface area contributed by atoms with E-state index in [9.17, 15) is 14.7 Å². The molecule has 2 atom stereocenters. The lowest BCUT2D eigenvalue weighted by Crippen LogP contribution is -2.32. The topological polar surface area (TPSA) is 148 Å². The second kappa shape index (κ2) is 18.8. The van der Waals surface area contributed by atoms with Gasteiger partial charge in [-0.1, -0.05) is 65.7 Å². The third-order valence-electron chi connectivity index (χ3n) is 9.27. The molecule has 6 aromatic rings. The second-order valence-electron chi connectivity index (χ2n) is 13.3. The standard InChI is InChI=1S/C31H29ClN2O6.C12H12ClNO2/c1-20-28(33-29(39-20)22-6-5-7-24(32)17-22)14-15-38-25-12-10-21(11-13-25)16-23-18-34(19-27(23)30(35)36)31(37)40-26-8-3-2-4-9-26;1-8-11(5-6-15)14-12(16-8)9-3-2-4-10(13)7-9/h2-13,17,23,27H,14-16,18-19H2,1H3,(H,35,36);2-4,7,15H,5-6H2,1H3/t23-,27+;/m1./s1. The van der Waals surface area contributed by atoms with Crippen LogP contribution in [0.3, 0.4) is 0 Å². The van der Waals surface area contributed by atoms with E-state index in [4.69, 9.17) is 46.6 Å². The van der Waals surface area contributed by atoms with Gasteiger partial charge in [0, 0.05) is 53.7 Å². The molecule has 2 N–H and O–H groups in total. The highest BCUT2D eigenvalue weighted by molar-refractivity contribution is 6.31. The third kappa shape index (κ3) is 10.6. The van der Waals surface area contributed by atoms with Crippen LogP contribution in [0.1, 0.15) is 28.5 Å². The molecule has 4 aromatic carbocycles. The highest BCUT2D eigenvalue weighted by Gasteiger charge is 2.40. The third-order valence-corrected chi connectivity index (χ3v) is 9.74. The molecule has 0 aliphatic carbocycles. The number of para-hydroxylation sites is 1. The second-order valence-corrected chi connectivity index (χ2v) is 14.1. The minimum Gasteiger partial charge on any atom is -0.493 e. The van der Waals surface area contributed by atoms with Crippen LogP contribution in [0, 0.1) is 25.7 Å². The molecule has 1 fully saturated rings. The van der Waals surface area contributed by atoms with Crippen molar-refractivity contribution in [2.24, 2.45) is 11.8 Å². The number of aliphatic hydroxyl groups is 1. The number of aryl methyl sites for hydroxylation is 2. The molecule has 1 aliphatic heterocycles. The maximum Gasteiger partial charge on any atom is 0.415 e. The lowest BCUT2D eigenvalue weighted by atomic mass is 9.90. The Hall–Kier alpha value is -5.62. The number of amides is 1. The summed E-state index contributed by atoms with van der Waals surface area (Å²) < 4.78 is 22.7. The first-order valence-corrected chi connectivity index (χ1v) is 18.8. The average molecular weight is 799 g/mol. The summed E-state index contributed by atoms with van der Waals surface area (Å²) in [7, 11) is 0. The molecular formula is C43H41Cl2N3O8. The molecule has 1 saturated heterocycles. The number of carboxylic acid groups (broad SMARTS) is 1. The van der Waals surface area contributed by atoms with Crippen LogP contribution >= 0.6 is 23.2 Å². The predicted molar refractivity (Wildman–Crippen MR) is 212 cm³/mol. The number of hydrogen-bond acceptors (Lipinski definition) is 9. The Morgan fingerprint density at radius 3 is 1.91 bits per heavy atom. The maximum atomic E-state index is 12.6. The number of ether oxygens (including phenoxy) is 2. The summed E-state index contributed by atoms with van der Waals surface area (Å²) in [5.74, 6) is 1.87. The van der Waals surface area contributed by atoms with Crippen molar-refractivity contribution in [1.82, 2.24) is 14.9 Å². The number of hydrogen-bond donors (Lipinski definition) is 2. The molecule has 2 aromatic heterocycles. The Kier molecular flexibility index (Phi) is 13.5. The number of nitrogens with zero attached hydrogens (tertiary/aromatic N) is 3. The zero-order chi connectivity index (χ0) is 39.6. The zero-order valence-electron chi connectivity index (χ0n) is 30.9. The number of carbonyl (C=O) groups excluding carboxylic acids is 1. The number of carbonyl (C=O) groups is 2. The Morgan fingerprint density at radius 1 is 0.768 bits per heavy atom. The molecule has 290 valence electrons. The van der Waals surface area contributed by atoms with E-state index in [1.54, 1.807) is 42.5 Å². The van der Waals surface area contributed by atoms with Crippen LogP contribution in [0.15, 0.2) is 112 Å². The van der Waals surface area contributed by atoms with Crippen LogP contribution in [0.2, 0.25) is 10.0 Å². The average Bonchev–Trinajstić information content (AvgIpc) is 3.90. The summed E-state index contributed by atoms with van der Waals surface area (Å²) in [6, 6.07) is 31.1. The first-order valence-electron chi connectivity index (χ1n) is 18.1. The number of aliphatic hydroxyl groups excluding tert-OH is 1. The van der Waals surface area contributed by atoms with Crippen LogP contribution in [-0.4, -0.2) is 63.4 Å². The van der Waals surface area contributed by atoms with Gasteiger partial charge in [0.1, 0.15) is 23.0 Å². The largest absolute Gasteiger partial charge is 0.493 e. The summed E-state index contributed by atoms with van der Waals surface area (Å²) in [6.45, 7) is 4.64. The number of aliphatic carboxylic acids is 1. The Labute approximate surface area is 334 Å². The summed E-state index contributed by atoms with van der Waals surface area (Å²) in [5, 5.41) is 19.9. The fourth-order valence-electron chi connectivity index (χ4n) is 6.37. The number of aromatic nitrogens is 2. The number of rotatable bonds is 12. The van der Waals surface area contributed by atoms with E-state index in [1.807, 2.05) is 74.5 Å². The van der Waals surface area contributed by atoms with E-state index in [0.29, 0.717) is 65.7 Å². The summed E-state index contributed by atoms with van der Waals surface area (Å²) in [4.78, 5) is 34.9. The molecule has 11 nitrogen and oxygen atoms in total. The predicted octanol–water partition coefficient (Wildman–Crippen LogP) is 9.14. The monoisotopic (exact) mass is 797 g/mol.